The number of imidazole rings is 1. The second-order valence-electron chi connectivity index (χ2n) is 11.9. The summed E-state index contributed by atoms with van der Waals surface area (Å²) in [6, 6.07) is 20.3. The molecule has 0 bridgehead atoms. The number of benzene rings is 2. The minimum Gasteiger partial charge on any atom is -0.386 e. The molecule has 6 aromatic rings. The van der Waals surface area contributed by atoms with E-state index in [0.717, 1.165) is 81.5 Å². The molecule has 43 heavy (non-hydrogen) atoms. The van der Waals surface area contributed by atoms with Crippen LogP contribution >= 0.6 is 0 Å². The third-order valence-electron chi connectivity index (χ3n) is 8.73. The van der Waals surface area contributed by atoms with Crippen molar-refractivity contribution in [3.63, 3.8) is 0 Å². The minimum atomic E-state index is -0.644. The van der Waals surface area contributed by atoms with Gasteiger partial charge in [0.15, 0.2) is 5.65 Å². The molecule has 0 spiro atoms. The lowest BCUT2D eigenvalue weighted by molar-refractivity contribution is 0.152. The second-order valence-corrected chi connectivity index (χ2v) is 11.9. The normalized spacial score (nSPS) is 15.7. The summed E-state index contributed by atoms with van der Waals surface area (Å²) in [6.07, 6.45) is 8.37. The molecule has 2 aliphatic rings. The lowest BCUT2D eigenvalue weighted by Gasteiger charge is -2.10. The van der Waals surface area contributed by atoms with Crippen LogP contribution in [-0.4, -0.2) is 39.2 Å². The van der Waals surface area contributed by atoms with Gasteiger partial charge in [0, 0.05) is 58.9 Å². The van der Waals surface area contributed by atoms with Gasteiger partial charge in [-0.25, -0.2) is 9.97 Å². The van der Waals surface area contributed by atoms with Gasteiger partial charge >= 0.3 is 0 Å². The zero-order valence-corrected chi connectivity index (χ0v) is 24.1. The number of nitrogens with zero attached hydrogens (tertiary/aromatic N) is 8. The van der Waals surface area contributed by atoms with Crippen molar-refractivity contribution in [3.8, 4) is 28.7 Å². The largest absolute Gasteiger partial charge is 0.386 e. The van der Waals surface area contributed by atoms with Crippen LogP contribution in [0.15, 0.2) is 67.0 Å². The number of aliphatic hydroxyl groups is 1. The molecule has 4 aromatic heterocycles. The van der Waals surface area contributed by atoms with Gasteiger partial charge in [-0.1, -0.05) is 42.5 Å². The Balaban J connectivity index is 1.23. The molecule has 0 aliphatic heterocycles. The van der Waals surface area contributed by atoms with Gasteiger partial charge in [-0.3, -0.25) is 9.36 Å². The third-order valence-corrected chi connectivity index (χ3v) is 8.73. The Bertz CT molecular complexity index is 2020. The molecule has 1 atom stereocenters. The summed E-state index contributed by atoms with van der Waals surface area (Å²) >= 11 is 0. The zero-order chi connectivity index (χ0) is 29.1. The SMILES string of the molecule is Cn1c(-c2cc3cn(CCC#N)nc3nc2C2CC2)nc(-c2cccc3nn(C[C@H](O)c4ccccc4)cc23)c1C1CC1. The summed E-state index contributed by atoms with van der Waals surface area (Å²) < 4.78 is 5.96. The fourth-order valence-corrected chi connectivity index (χ4v) is 6.27. The van der Waals surface area contributed by atoms with Gasteiger partial charge < -0.3 is 9.67 Å². The molecule has 2 fully saturated rings. The highest BCUT2D eigenvalue weighted by Crippen LogP contribution is 2.49. The standard InChI is InChI=1S/C34H32N8O/c1-40-32(23-13-14-23)31(25-9-5-10-28-27(25)19-42(38-28)20-29(43)21-7-3-2-4-8-21)37-34(40)26-17-24-18-41(16-6-15-35)39-33(24)36-30(26)22-11-12-22/h2-5,7-10,17-19,22-23,29,43H,6,11-14,16,20H2,1H3/t29-/m0/s1. The first kappa shape index (κ1) is 25.9. The van der Waals surface area contributed by atoms with E-state index in [1.807, 2.05) is 64.2 Å². The topological polar surface area (TPSA) is 110 Å². The van der Waals surface area contributed by atoms with Crippen molar-refractivity contribution in [3.05, 3.63) is 83.9 Å². The van der Waals surface area contributed by atoms with Crippen LogP contribution in [0.5, 0.6) is 0 Å². The molecule has 9 heteroatoms. The quantitative estimate of drug-likeness (QED) is 0.221. The fraction of sp³-hybridized carbons (Fsp3) is 0.324. The Labute approximate surface area is 249 Å². The number of aryl methyl sites for hydroxylation is 1. The Morgan fingerprint density at radius 3 is 2.51 bits per heavy atom. The maximum Gasteiger partial charge on any atom is 0.181 e. The Hall–Kier alpha value is -4.81. The molecule has 2 aromatic carbocycles. The molecule has 0 radical (unpaired) electrons. The van der Waals surface area contributed by atoms with Crippen molar-refractivity contribution in [2.24, 2.45) is 7.05 Å². The second kappa shape index (κ2) is 10.2. The highest BCUT2D eigenvalue weighted by Gasteiger charge is 2.35. The smallest absolute Gasteiger partial charge is 0.181 e. The van der Waals surface area contributed by atoms with Crippen molar-refractivity contribution in [2.45, 2.75) is 63.1 Å². The summed E-state index contributed by atoms with van der Waals surface area (Å²) in [5.74, 6) is 1.83. The summed E-state index contributed by atoms with van der Waals surface area (Å²) in [4.78, 5) is 10.4. The van der Waals surface area contributed by atoms with E-state index in [2.05, 4.69) is 34.9 Å². The van der Waals surface area contributed by atoms with E-state index in [1.54, 1.807) is 0 Å². The third kappa shape index (κ3) is 4.68. The average Bonchev–Trinajstić information content (AvgIpc) is 3.94. The first-order chi connectivity index (χ1) is 21.1. The van der Waals surface area contributed by atoms with Gasteiger partial charge in [0.05, 0.1) is 48.6 Å². The zero-order valence-electron chi connectivity index (χ0n) is 24.1. The van der Waals surface area contributed by atoms with Crippen molar-refractivity contribution >= 4 is 21.9 Å². The number of hydrogen-bond donors (Lipinski definition) is 1. The number of aromatic nitrogens is 7. The van der Waals surface area contributed by atoms with E-state index in [-0.39, 0.29) is 0 Å². The molecular weight excluding hydrogens is 536 g/mol. The van der Waals surface area contributed by atoms with Crippen LogP contribution in [0, 0.1) is 11.3 Å². The highest BCUT2D eigenvalue weighted by molar-refractivity contribution is 5.95. The number of rotatable bonds is 9. The van der Waals surface area contributed by atoms with Crippen molar-refractivity contribution < 1.29 is 5.11 Å². The lowest BCUT2D eigenvalue weighted by Crippen LogP contribution is -2.08. The Kier molecular flexibility index (Phi) is 6.12. The monoisotopic (exact) mass is 568 g/mol. The molecule has 2 saturated carbocycles. The van der Waals surface area contributed by atoms with E-state index in [9.17, 15) is 5.11 Å². The van der Waals surface area contributed by atoms with Gasteiger partial charge in [0.1, 0.15) is 5.82 Å². The van der Waals surface area contributed by atoms with E-state index in [1.165, 1.54) is 5.69 Å². The predicted molar refractivity (Wildman–Crippen MR) is 164 cm³/mol. The van der Waals surface area contributed by atoms with Gasteiger partial charge in [-0.15, -0.1) is 0 Å². The summed E-state index contributed by atoms with van der Waals surface area (Å²) in [6.45, 7) is 0.930. The Morgan fingerprint density at radius 2 is 1.74 bits per heavy atom. The molecule has 8 rings (SSSR count). The molecular formula is C34H32N8O. The molecule has 2 aliphatic carbocycles. The molecule has 0 unspecified atom stereocenters. The number of fused-ring (bicyclic) bond motifs is 2. The highest BCUT2D eigenvalue weighted by atomic mass is 16.3. The first-order valence-corrected chi connectivity index (χ1v) is 15.1. The van der Waals surface area contributed by atoms with Crippen molar-refractivity contribution in [1.82, 2.24) is 34.1 Å². The van der Waals surface area contributed by atoms with Crippen LogP contribution in [-0.2, 0) is 20.1 Å². The fourth-order valence-electron chi connectivity index (χ4n) is 6.27. The molecule has 4 heterocycles. The van der Waals surface area contributed by atoms with Crippen LogP contribution in [0.4, 0.5) is 0 Å². The minimum absolute atomic E-state index is 0.375. The van der Waals surface area contributed by atoms with Gasteiger partial charge in [-0.2, -0.15) is 15.5 Å². The van der Waals surface area contributed by atoms with Gasteiger partial charge in [-0.05, 0) is 43.4 Å². The van der Waals surface area contributed by atoms with E-state index in [4.69, 9.17) is 20.3 Å². The van der Waals surface area contributed by atoms with Crippen LogP contribution < -0.4 is 0 Å². The predicted octanol–water partition coefficient (Wildman–Crippen LogP) is 6.25. The molecule has 9 nitrogen and oxygen atoms in total. The summed E-state index contributed by atoms with van der Waals surface area (Å²) in [7, 11) is 2.14. The molecule has 214 valence electrons. The maximum absolute atomic E-state index is 10.9. The van der Waals surface area contributed by atoms with Crippen molar-refractivity contribution in [2.75, 3.05) is 0 Å². The van der Waals surface area contributed by atoms with Crippen LogP contribution in [0.25, 0.3) is 44.6 Å². The van der Waals surface area contributed by atoms with E-state index in [0.29, 0.717) is 31.3 Å². The van der Waals surface area contributed by atoms with Gasteiger partial charge in [0.25, 0.3) is 0 Å². The van der Waals surface area contributed by atoms with E-state index < -0.39 is 6.10 Å². The number of aliphatic hydroxyl groups excluding tert-OH is 1. The Morgan fingerprint density at radius 1 is 0.930 bits per heavy atom. The average molecular weight is 569 g/mol. The van der Waals surface area contributed by atoms with Gasteiger partial charge in [0.2, 0.25) is 0 Å². The number of nitriles is 1. The number of hydrogen-bond acceptors (Lipinski definition) is 6. The molecule has 1 N–H and O–H groups in total. The van der Waals surface area contributed by atoms with Crippen LogP contribution in [0.1, 0.15) is 67.0 Å². The lowest BCUT2D eigenvalue weighted by atomic mass is 10.0. The maximum atomic E-state index is 10.9. The molecule has 0 amide bonds. The van der Waals surface area contributed by atoms with Crippen molar-refractivity contribution in [1.29, 1.82) is 5.26 Å². The summed E-state index contributed by atoms with van der Waals surface area (Å²) in [5, 5.41) is 31.4. The van der Waals surface area contributed by atoms with Crippen LogP contribution in [0.3, 0.4) is 0 Å². The van der Waals surface area contributed by atoms with E-state index >= 15 is 0 Å². The number of pyridine rings is 1. The van der Waals surface area contributed by atoms with Crippen LogP contribution in [0.2, 0.25) is 0 Å². The molecule has 0 saturated heterocycles. The summed E-state index contributed by atoms with van der Waals surface area (Å²) in [5.41, 5.74) is 7.95. The first-order valence-electron chi connectivity index (χ1n) is 15.1.